The van der Waals surface area contributed by atoms with E-state index in [1.54, 1.807) is 0 Å². The molecule has 0 unspecified atom stereocenters. The summed E-state index contributed by atoms with van der Waals surface area (Å²) in [6, 6.07) is 7.82. The van der Waals surface area contributed by atoms with Gasteiger partial charge in [-0.1, -0.05) is 19.1 Å². The molecule has 2 rings (SSSR count). The van der Waals surface area contributed by atoms with E-state index >= 15 is 0 Å². The van der Waals surface area contributed by atoms with Crippen LogP contribution in [0.1, 0.15) is 18.9 Å². The third kappa shape index (κ3) is 4.06. The number of rotatable bonds is 5. The molecule has 100 valence electrons. The largest absolute Gasteiger partial charge is 0.424 e. The fraction of sp³-hybridized carbons (Fsp3) is 0.308. The van der Waals surface area contributed by atoms with Gasteiger partial charge in [0.25, 0.3) is 0 Å². The highest BCUT2D eigenvalue weighted by atomic mass is 35.5. The number of aryl methyl sites for hydroxylation is 1. The number of halogens is 1. The Labute approximate surface area is 117 Å². The van der Waals surface area contributed by atoms with Gasteiger partial charge >= 0.3 is 6.01 Å². The molecule has 0 aliphatic carbocycles. The van der Waals surface area contributed by atoms with Gasteiger partial charge in [-0.2, -0.15) is 15.0 Å². The van der Waals surface area contributed by atoms with Crippen molar-refractivity contribution < 1.29 is 4.74 Å². The van der Waals surface area contributed by atoms with Crippen LogP contribution in [0.3, 0.4) is 0 Å². The normalized spacial score (nSPS) is 10.3. The van der Waals surface area contributed by atoms with Crippen LogP contribution in [0, 0.1) is 6.92 Å². The highest BCUT2D eigenvalue weighted by Gasteiger charge is 2.06. The quantitative estimate of drug-likeness (QED) is 0.908. The van der Waals surface area contributed by atoms with Crippen LogP contribution >= 0.6 is 11.6 Å². The predicted molar refractivity (Wildman–Crippen MR) is 74.9 cm³/mol. The molecule has 19 heavy (non-hydrogen) atoms. The summed E-state index contributed by atoms with van der Waals surface area (Å²) in [5, 5.41) is 3.15. The third-order valence-electron chi connectivity index (χ3n) is 2.32. The van der Waals surface area contributed by atoms with Gasteiger partial charge in [-0.3, -0.25) is 0 Å². The van der Waals surface area contributed by atoms with E-state index in [0.717, 1.165) is 18.5 Å². The van der Waals surface area contributed by atoms with Gasteiger partial charge < -0.3 is 10.1 Å². The zero-order valence-corrected chi connectivity index (χ0v) is 11.6. The summed E-state index contributed by atoms with van der Waals surface area (Å²) in [4.78, 5) is 12.1. The highest BCUT2D eigenvalue weighted by Crippen LogP contribution is 2.20. The summed E-state index contributed by atoms with van der Waals surface area (Å²) in [5.74, 6) is 1.09. The maximum Gasteiger partial charge on any atom is 0.328 e. The highest BCUT2D eigenvalue weighted by molar-refractivity contribution is 6.28. The maximum atomic E-state index is 5.84. The number of aromatic nitrogens is 3. The van der Waals surface area contributed by atoms with Crippen LogP contribution in [0.15, 0.2) is 24.3 Å². The lowest BCUT2D eigenvalue weighted by Crippen LogP contribution is -2.06. The Balaban J connectivity index is 2.17. The zero-order valence-electron chi connectivity index (χ0n) is 10.9. The molecule has 0 bridgehead atoms. The summed E-state index contributed by atoms with van der Waals surface area (Å²) in [6.07, 6.45) is 0.970. The molecule has 0 aliphatic heterocycles. The molecule has 6 heteroatoms. The molecule has 1 aromatic carbocycles. The van der Waals surface area contributed by atoms with Crippen LogP contribution < -0.4 is 10.1 Å². The Morgan fingerprint density at radius 1 is 1.26 bits per heavy atom. The van der Waals surface area contributed by atoms with Gasteiger partial charge in [0.15, 0.2) is 0 Å². The van der Waals surface area contributed by atoms with E-state index < -0.39 is 0 Å². The summed E-state index contributed by atoms with van der Waals surface area (Å²) in [5.41, 5.74) is 1.10. The van der Waals surface area contributed by atoms with E-state index in [9.17, 15) is 0 Å². The van der Waals surface area contributed by atoms with E-state index in [0.29, 0.717) is 11.7 Å². The Kier molecular flexibility index (Phi) is 4.52. The molecule has 0 radical (unpaired) electrons. The molecule has 1 heterocycles. The van der Waals surface area contributed by atoms with Gasteiger partial charge in [0, 0.05) is 6.54 Å². The second-order valence-corrected chi connectivity index (χ2v) is 4.39. The molecule has 0 fully saturated rings. The summed E-state index contributed by atoms with van der Waals surface area (Å²) < 4.78 is 5.57. The smallest absolute Gasteiger partial charge is 0.328 e. The molecular formula is C13H15ClN4O. The Morgan fingerprint density at radius 3 is 2.84 bits per heavy atom. The predicted octanol–water partition coefficient (Wildman–Crippen LogP) is 3.45. The lowest BCUT2D eigenvalue weighted by molar-refractivity contribution is 0.440. The Bertz CT molecular complexity index is 562. The Hall–Kier alpha value is -1.88. The molecule has 0 saturated heterocycles. The van der Waals surface area contributed by atoms with Gasteiger partial charge in [0.2, 0.25) is 11.2 Å². The molecule has 0 spiro atoms. The van der Waals surface area contributed by atoms with Gasteiger partial charge in [0.05, 0.1) is 0 Å². The van der Waals surface area contributed by atoms with Crippen molar-refractivity contribution in [2.24, 2.45) is 0 Å². The SMILES string of the molecule is CCCNc1nc(Cl)nc(Oc2cccc(C)c2)n1. The number of nitrogens with one attached hydrogen (secondary N) is 1. The monoisotopic (exact) mass is 278 g/mol. The molecular weight excluding hydrogens is 264 g/mol. The first-order chi connectivity index (χ1) is 9.17. The molecule has 1 N–H and O–H groups in total. The number of ether oxygens (including phenoxy) is 1. The minimum absolute atomic E-state index is 0.108. The third-order valence-corrected chi connectivity index (χ3v) is 2.49. The number of hydrogen-bond acceptors (Lipinski definition) is 5. The van der Waals surface area contributed by atoms with Crippen molar-refractivity contribution in [3.8, 4) is 11.8 Å². The number of hydrogen-bond donors (Lipinski definition) is 1. The molecule has 1 aromatic heterocycles. The van der Waals surface area contributed by atoms with Crippen LogP contribution in [-0.2, 0) is 0 Å². The van der Waals surface area contributed by atoms with Crippen LogP contribution in [0.5, 0.6) is 11.8 Å². The number of benzene rings is 1. The van der Waals surface area contributed by atoms with Gasteiger partial charge in [-0.05, 0) is 42.6 Å². The van der Waals surface area contributed by atoms with Crippen molar-refractivity contribution in [1.82, 2.24) is 15.0 Å². The second kappa shape index (κ2) is 6.33. The van der Waals surface area contributed by atoms with Crippen LogP contribution in [-0.4, -0.2) is 21.5 Å². The molecule has 0 aliphatic rings. The van der Waals surface area contributed by atoms with E-state index in [4.69, 9.17) is 16.3 Å². The van der Waals surface area contributed by atoms with E-state index in [2.05, 4.69) is 27.2 Å². The minimum atomic E-state index is 0.108. The maximum absolute atomic E-state index is 5.84. The van der Waals surface area contributed by atoms with E-state index in [-0.39, 0.29) is 11.3 Å². The topological polar surface area (TPSA) is 59.9 Å². The molecule has 2 aromatic rings. The molecule has 0 amide bonds. The van der Waals surface area contributed by atoms with Gasteiger partial charge in [-0.15, -0.1) is 0 Å². The van der Waals surface area contributed by atoms with Crippen molar-refractivity contribution in [2.75, 3.05) is 11.9 Å². The summed E-state index contributed by atoms with van der Waals surface area (Å²) in [7, 11) is 0. The van der Waals surface area contributed by atoms with Crippen LogP contribution in [0.25, 0.3) is 0 Å². The summed E-state index contributed by atoms with van der Waals surface area (Å²) >= 11 is 5.84. The molecule has 5 nitrogen and oxygen atoms in total. The van der Waals surface area contributed by atoms with Crippen molar-refractivity contribution in [2.45, 2.75) is 20.3 Å². The van der Waals surface area contributed by atoms with Crippen LogP contribution in [0.4, 0.5) is 5.95 Å². The first-order valence-electron chi connectivity index (χ1n) is 6.07. The average molecular weight is 279 g/mol. The van der Waals surface area contributed by atoms with Gasteiger partial charge in [0.1, 0.15) is 5.75 Å². The summed E-state index contributed by atoms with van der Waals surface area (Å²) in [6.45, 7) is 4.81. The lowest BCUT2D eigenvalue weighted by Gasteiger charge is -2.07. The van der Waals surface area contributed by atoms with Crippen molar-refractivity contribution in [1.29, 1.82) is 0 Å². The average Bonchev–Trinajstić information content (AvgIpc) is 2.35. The van der Waals surface area contributed by atoms with Crippen molar-refractivity contribution in [3.63, 3.8) is 0 Å². The van der Waals surface area contributed by atoms with Crippen LogP contribution in [0.2, 0.25) is 5.28 Å². The first-order valence-corrected chi connectivity index (χ1v) is 6.45. The van der Waals surface area contributed by atoms with Crippen molar-refractivity contribution >= 4 is 17.5 Å². The lowest BCUT2D eigenvalue weighted by atomic mass is 10.2. The Morgan fingerprint density at radius 2 is 2.11 bits per heavy atom. The molecule has 0 atom stereocenters. The fourth-order valence-electron chi connectivity index (χ4n) is 1.48. The second-order valence-electron chi connectivity index (χ2n) is 4.06. The fourth-order valence-corrected chi connectivity index (χ4v) is 1.63. The number of anilines is 1. The minimum Gasteiger partial charge on any atom is -0.424 e. The van der Waals surface area contributed by atoms with Gasteiger partial charge in [-0.25, -0.2) is 0 Å². The van der Waals surface area contributed by atoms with E-state index in [1.165, 1.54) is 0 Å². The zero-order chi connectivity index (χ0) is 13.7. The van der Waals surface area contributed by atoms with E-state index in [1.807, 2.05) is 31.2 Å². The molecule has 0 saturated carbocycles. The first kappa shape index (κ1) is 13.5. The van der Waals surface area contributed by atoms with Crippen molar-refractivity contribution in [3.05, 3.63) is 35.1 Å². The number of nitrogens with zero attached hydrogens (tertiary/aromatic N) is 3. The standard InChI is InChI=1S/C13H15ClN4O/c1-3-7-15-12-16-11(14)17-13(18-12)19-10-6-4-5-9(2)8-10/h4-6,8H,3,7H2,1-2H3,(H,15,16,17,18).